The number of likely N-dealkylation sites (tertiary alicyclic amines) is 1. The number of carbonyl (C=O) groups is 1. The van der Waals surface area contributed by atoms with Gasteiger partial charge >= 0.3 is 0 Å². The summed E-state index contributed by atoms with van der Waals surface area (Å²) in [5.74, 6) is 1.87. The third-order valence-electron chi connectivity index (χ3n) is 6.85. The van der Waals surface area contributed by atoms with E-state index in [0.717, 1.165) is 67.6 Å². The first-order chi connectivity index (χ1) is 16.1. The van der Waals surface area contributed by atoms with E-state index in [1.54, 1.807) is 0 Å². The lowest BCUT2D eigenvalue weighted by atomic mass is 10.0. The Hall–Kier alpha value is -2.96. The second kappa shape index (κ2) is 9.12. The van der Waals surface area contributed by atoms with Crippen LogP contribution in [-0.2, 0) is 9.53 Å². The predicted octanol–water partition coefficient (Wildman–Crippen LogP) is 4.52. The molecule has 3 aromatic rings. The maximum atomic E-state index is 11.7. The molecule has 1 unspecified atom stereocenters. The molecule has 2 aliphatic heterocycles. The minimum atomic E-state index is -0.699. The van der Waals surface area contributed by atoms with Crippen LogP contribution in [0.1, 0.15) is 25.7 Å². The lowest BCUT2D eigenvalue weighted by molar-refractivity contribution is -0.156. The van der Waals surface area contributed by atoms with E-state index in [-0.39, 0.29) is 6.10 Å². The van der Waals surface area contributed by atoms with Crippen LogP contribution in [0.4, 0.5) is 5.82 Å². The number of rotatable bonds is 6. The van der Waals surface area contributed by atoms with Crippen molar-refractivity contribution in [1.82, 2.24) is 9.88 Å². The number of ether oxygens (including phenoxy) is 2. The number of aromatic nitrogens is 1. The average molecular weight is 446 g/mol. The first kappa shape index (κ1) is 21.9. The molecule has 0 saturated carbocycles. The second-order valence-corrected chi connectivity index (χ2v) is 9.21. The van der Waals surface area contributed by atoms with Gasteiger partial charge in [0.1, 0.15) is 17.7 Å². The Labute approximate surface area is 195 Å². The Kier molecular flexibility index (Phi) is 6.04. The van der Waals surface area contributed by atoms with Crippen molar-refractivity contribution in [2.75, 3.05) is 38.7 Å². The molecule has 1 atom stereocenters. The number of anilines is 1. The van der Waals surface area contributed by atoms with Crippen LogP contribution >= 0.6 is 0 Å². The maximum Gasteiger partial charge on any atom is 0.177 e. The molecule has 6 heteroatoms. The lowest BCUT2D eigenvalue weighted by Gasteiger charge is -2.40. The van der Waals surface area contributed by atoms with Gasteiger partial charge in [0.15, 0.2) is 12.0 Å². The van der Waals surface area contributed by atoms with Gasteiger partial charge in [0, 0.05) is 45.4 Å². The highest BCUT2D eigenvalue weighted by molar-refractivity contribution is 5.94. The third kappa shape index (κ3) is 4.33. The van der Waals surface area contributed by atoms with Crippen LogP contribution in [0, 0.1) is 0 Å². The van der Waals surface area contributed by atoms with E-state index in [0.29, 0.717) is 6.61 Å². The molecule has 0 aliphatic carbocycles. The SMILES string of the molecule is CN(C)c1nccc2cc(-c3ccc(OC4CCN(C5(C=O)CCCO5)CC4)cc3)ccc12. The van der Waals surface area contributed by atoms with Crippen LogP contribution < -0.4 is 9.64 Å². The predicted molar refractivity (Wildman–Crippen MR) is 131 cm³/mol. The molecule has 0 amide bonds. The van der Waals surface area contributed by atoms with Crippen molar-refractivity contribution in [3.8, 4) is 16.9 Å². The highest BCUT2D eigenvalue weighted by Gasteiger charge is 2.42. The van der Waals surface area contributed by atoms with Gasteiger partial charge in [-0.3, -0.25) is 9.69 Å². The summed E-state index contributed by atoms with van der Waals surface area (Å²) < 4.78 is 12.1. The van der Waals surface area contributed by atoms with Gasteiger partial charge in [-0.25, -0.2) is 4.98 Å². The van der Waals surface area contributed by atoms with Crippen molar-refractivity contribution < 1.29 is 14.3 Å². The van der Waals surface area contributed by atoms with Gasteiger partial charge in [-0.05, 0) is 66.5 Å². The van der Waals surface area contributed by atoms with Gasteiger partial charge in [-0.15, -0.1) is 0 Å². The summed E-state index contributed by atoms with van der Waals surface area (Å²) in [6, 6.07) is 16.9. The van der Waals surface area contributed by atoms with Gasteiger partial charge in [0.05, 0.1) is 0 Å². The second-order valence-electron chi connectivity index (χ2n) is 9.21. The van der Waals surface area contributed by atoms with E-state index in [4.69, 9.17) is 9.47 Å². The van der Waals surface area contributed by atoms with Crippen molar-refractivity contribution in [2.45, 2.75) is 37.5 Å². The van der Waals surface area contributed by atoms with Crippen molar-refractivity contribution in [3.63, 3.8) is 0 Å². The van der Waals surface area contributed by atoms with Crippen molar-refractivity contribution >= 4 is 22.9 Å². The highest BCUT2D eigenvalue weighted by atomic mass is 16.5. The molecular formula is C27H31N3O3. The molecule has 0 radical (unpaired) electrons. The zero-order valence-corrected chi connectivity index (χ0v) is 19.4. The number of hydrogen-bond acceptors (Lipinski definition) is 6. The molecule has 0 bridgehead atoms. The average Bonchev–Trinajstić information content (AvgIpc) is 3.35. The molecule has 6 nitrogen and oxygen atoms in total. The number of fused-ring (bicyclic) bond motifs is 1. The molecule has 0 spiro atoms. The Morgan fingerprint density at radius 1 is 1.09 bits per heavy atom. The standard InChI is InChI=1S/C27H31N3O3/c1-29(2)26-25-9-6-21(18-22(25)10-14-28-26)20-4-7-23(8-5-20)33-24-11-15-30(16-12-24)27(19-31)13-3-17-32-27/h4-10,14,18-19,24H,3,11-13,15-17H2,1-2H3. The highest BCUT2D eigenvalue weighted by Crippen LogP contribution is 2.32. The summed E-state index contributed by atoms with van der Waals surface area (Å²) in [6.45, 7) is 2.32. The summed E-state index contributed by atoms with van der Waals surface area (Å²) in [5, 5.41) is 2.33. The van der Waals surface area contributed by atoms with Crippen LogP contribution in [-0.4, -0.2) is 61.8 Å². The first-order valence-electron chi connectivity index (χ1n) is 11.8. The van der Waals surface area contributed by atoms with E-state index in [1.807, 2.05) is 25.2 Å². The number of piperidine rings is 1. The van der Waals surface area contributed by atoms with Gasteiger partial charge in [-0.1, -0.05) is 24.3 Å². The normalized spacial score (nSPS) is 21.9. The molecule has 0 N–H and O–H groups in total. The van der Waals surface area contributed by atoms with E-state index in [9.17, 15) is 4.79 Å². The molecule has 1 aromatic heterocycles. The van der Waals surface area contributed by atoms with E-state index in [1.165, 1.54) is 10.9 Å². The van der Waals surface area contributed by atoms with Gasteiger partial charge in [0.2, 0.25) is 0 Å². The number of pyridine rings is 1. The molecular weight excluding hydrogens is 414 g/mol. The first-order valence-corrected chi connectivity index (χ1v) is 11.8. The molecule has 3 heterocycles. The Morgan fingerprint density at radius 2 is 1.85 bits per heavy atom. The number of nitrogens with zero attached hydrogens (tertiary/aromatic N) is 3. The van der Waals surface area contributed by atoms with Crippen molar-refractivity contribution in [3.05, 3.63) is 54.7 Å². The molecule has 2 aromatic carbocycles. The topological polar surface area (TPSA) is 54.9 Å². The monoisotopic (exact) mass is 445 g/mol. The lowest BCUT2D eigenvalue weighted by Crippen LogP contribution is -2.54. The maximum absolute atomic E-state index is 11.7. The quantitative estimate of drug-likeness (QED) is 0.520. The van der Waals surface area contributed by atoms with E-state index < -0.39 is 5.72 Å². The zero-order valence-electron chi connectivity index (χ0n) is 19.4. The fourth-order valence-electron chi connectivity index (χ4n) is 5.03. The summed E-state index contributed by atoms with van der Waals surface area (Å²) >= 11 is 0. The van der Waals surface area contributed by atoms with E-state index in [2.05, 4.69) is 58.4 Å². The van der Waals surface area contributed by atoms with Crippen LogP contribution in [0.3, 0.4) is 0 Å². The number of carbonyl (C=O) groups excluding carboxylic acids is 1. The van der Waals surface area contributed by atoms with Crippen molar-refractivity contribution in [2.24, 2.45) is 0 Å². The van der Waals surface area contributed by atoms with Gasteiger partial charge < -0.3 is 14.4 Å². The van der Waals surface area contributed by atoms with Crippen molar-refractivity contribution in [1.29, 1.82) is 0 Å². The number of benzene rings is 2. The smallest absolute Gasteiger partial charge is 0.177 e. The number of aldehydes is 1. The Balaban J connectivity index is 1.24. The third-order valence-corrected chi connectivity index (χ3v) is 6.85. The van der Waals surface area contributed by atoms with Crippen LogP contribution in [0.15, 0.2) is 54.7 Å². The zero-order chi connectivity index (χ0) is 22.8. The molecule has 2 fully saturated rings. The largest absolute Gasteiger partial charge is 0.490 e. The summed E-state index contributed by atoms with van der Waals surface area (Å²) in [5.41, 5.74) is 1.64. The molecule has 5 rings (SSSR count). The minimum Gasteiger partial charge on any atom is -0.490 e. The fraction of sp³-hybridized carbons (Fsp3) is 0.407. The fourth-order valence-corrected chi connectivity index (χ4v) is 5.03. The summed E-state index contributed by atoms with van der Waals surface area (Å²) in [4.78, 5) is 20.4. The van der Waals surface area contributed by atoms with Gasteiger partial charge in [0.25, 0.3) is 0 Å². The summed E-state index contributed by atoms with van der Waals surface area (Å²) in [7, 11) is 4.03. The van der Waals surface area contributed by atoms with Crippen LogP contribution in [0.2, 0.25) is 0 Å². The molecule has 2 saturated heterocycles. The van der Waals surface area contributed by atoms with Crippen LogP contribution in [0.25, 0.3) is 21.9 Å². The van der Waals surface area contributed by atoms with E-state index >= 15 is 0 Å². The molecule has 172 valence electrons. The van der Waals surface area contributed by atoms with Crippen LogP contribution in [0.5, 0.6) is 5.75 Å². The Bertz CT molecular complexity index is 1120. The minimum absolute atomic E-state index is 0.162. The van der Waals surface area contributed by atoms with Gasteiger partial charge in [-0.2, -0.15) is 0 Å². The number of hydrogen-bond donors (Lipinski definition) is 0. The Morgan fingerprint density at radius 3 is 2.52 bits per heavy atom. The summed E-state index contributed by atoms with van der Waals surface area (Å²) in [6.07, 6.45) is 6.55. The molecule has 33 heavy (non-hydrogen) atoms. The molecule has 2 aliphatic rings.